The molecule has 0 fully saturated rings. The van der Waals surface area contributed by atoms with E-state index in [1.165, 1.54) is 6.92 Å². The lowest BCUT2D eigenvalue weighted by molar-refractivity contribution is -0.118. The molecule has 0 aliphatic rings. The molecule has 0 aromatic heterocycles. The van der Waals surface area contributed by atoms with E-state index < -0.39 is 0 Å². The summed E-state index contributed by atoms with van der Waals surface area (Å²) in [4.78, 5) is 10.8. The first-order chi connectivity index (χ1) is 6.50. The lowest BCUT2D eigenvalue weighted by Gasteiger charge is -2.10. The number of halogens is 1. The highest BCUT2D eigenvalue weighted by molar-refractivity contribution is 6.30. The summed E-state index contributed by atoms with van der Waals surface area (Å²) in [5.74, 6) is 0.767. The Hall–Kier alpha value is -1.02. The molecule has 3 heteroatoms. The van der Waals surface area contributed by atoms with Crippen molar-refractivity contribution in [3.63, 3.8) is 0 Å². The fourth-order valence-electron chi connectivity index (χ4n) is 1.30. The number of benzene rings is 1. The molecule has 1 aromatic rings. The molecule has 0 saturated carbocycles. The Balaban J connectivity index is 2.91. The summed E-state index contributed by atoms with van der Waals surface area (Å²) in [5.41, 5.74) is 1.91. The Morgan fingerprint density at radius 3 is 2.29 bits per heavy atom. The monoisotopic (exact) mass is 212 g/mol. The van der Waals surface area contributed by atoms with E-state index in [4.69, 9.17) is 16.3 Å². The molecule has 0 unspecified atom stereocenters. The average Bonchev–Trinajstić information content (AvgIpc) is 2.01. The molecule has 0 spiro atoms. The minimum absolute atomic E-state index is 0.0127. The molecule has 2 nitrogen and oxygen atoms in total. The smallest absolute Gasteiger partial charge is 0.167 e. The van der Waals surface area contributed by atoms with Gasteiger partial charge in [-0.1, -0.05) is 11.6 Å². The van der Waals surface area contributed by atoms with Crippen LogP contribution in [0.3, 0.4) is 0 Å². The van der Waals surface area contributed by atoms with Crippen molar-refractivity contribution in [3.8, 4) is 5.75 Å². The van der Waals surface area contributed by atoms with Crippen LogP contribution in [0.2, 0.25) is 5.02 Å². The van der Waals surface area contributed by atoms with Gasteiger partial charge in [0.25, 0.3) is 0 Å². The van der Waals surface area contributed by atoms with Gasteiger partial charge in [0.2, 0.25) is 0 Å². The number of carbonyl (C=O) groups is 1. The highest BCUT2D eigenvalue weighted by Gasteiger charge is 2.06. The molecular formula is C11H13ClO2. The van der Waals surface area contributed by atoms with Gasteiger partial charge in [0, 0.05) is 5.02 Å². The maximum absolute atomic E-state index is 10.8. The lowest BCUT2D eigenvalue weighted by Crippen LogP contribution is -2.08. The standard InChI is InChI=1S/C11H13ClO2/c1-7-4-10(12)5-8(2)11(7)14-6-9(3)13/h4-5H,6H2,1-3H3. The molecule has 76 valence electrons. The molecule has 0 bridgehead atoms. The molecule has 0 amide bonds. The summed E-state index contributed by atoms with van der Waals surface area (Å²) >= 11 is 5.86. The van der Waals surface area contributed by atoms with E-state index in [2.05, 4.69) is 0 Å². The summed E-state index contributed by atoms with van der Waals surface area (Å²) in [6.07, 6.45) is 0. The molecule has 1 aromatic carbocycles. The second-order valence-corrected chi connectivity index (χ2v) is 3.80. The van der Waals surface area contributed by atoms with E-state index in [-0.39, 0.29) is 12.4 Å². The van der Waals surface area contributed by atoms with Crippen LogP contribution in [0.25, 0.3) is 0 Å². The van der Waals surface area contributed by atoms with E-state index in [1.807, 2.05) is 26.0 Å². The molecule has 0 N–H and O–H groups in total. The number of Topliss-reactive ketones (excluding diaryl/α,β-unsaturated/α-hetero) is 1. The Morgan fingerprint density at radius 2 is 1.86 bits per heavy atom. The van der Waals surface area contributed by atoms with Crippen LogP contribution in [-0.2, 0) is 4.79 Å². The quantitative estimate of drug-likeness (QED) is 0.770. The Labute approximate surface area is 88.8 Å². The largest absolute Gasteiger partial charge is 0.485 e. The van der Waals surface area contributed by atoms with E-state index in [1.54, 1.807) is 0 Å². The zero-order valence-electron chi connectivity index (χ0n) is 8.56. The van der Waals surface area contributed by atoms with Crippen LogP contribution in [-0.4, -0.2) is 12.4 Å². The van der Waals surface area contributed by atoms with Gasteiger partial charge in [-0.2, -0.15) is 0 Å². The van der Waals surface area contributed by atoms with Crippen molar-refractivity contribution in [1.29, 1.82) is 0 Å². The lowest BCUT2D eigenvalue weighted by atomic mass is 10.1. The predicted molar refractivity (Wildman–Crippen MR) is 57.1 cm³/mol. The number of aryl methyl sites for hydroxylation is 2. The van der Waals surface area contributed by atoms with Gasteiger partial charge in [-0.15, -0.1) is 0 Å². The summed E-state index contributed by atoms with van der Waals surface area (Å²) in [6, 6.07) is 3.65. The van der Waals surface area contributed by atoms with Gasteiger partial charge in [0.05, 0.1) is 0 Å². The van der Waals surface area contributed by atoms with Crippen molar-refractivity contribution in [3.05, 3.63) is 28.3 Å². The van der Waals surface area contributed by atoms with Gasteiger partial charge in [0.15, 0.2) is 5.78 Å². The first kappa shape index (κ1) is 11.1. The second kappa shape index (κ2) is 4.47. The normalized spacial score (nSPS) is 10.0. The third kappa shape index (κ3) is 2.74. The zero-order chi connectivity index (χ0) is 10.7. The summed E-state index contributed by atoms with van der Waals surface area (Å²) in [6.45, 7) is 5.44. The number of hydrogen-bond donors (Lipinski definition) is 0. The second-order valence-electron chi connectivity index (χ2n) is 3.36. The summed E-state index contributed by atoms with van der Waals surface area (Å²) < 4.78 is 5.38. The van der Waals surface area contributed by atoms with Crippen molar-refractivity contribution in [1.82, 2.24) is 0 Å². The van der Waals surface area contributed by atoms with Gasteiger partial charge in [-0.05, 0) is 44.0 Å². The van der Waals surface area contributed by atoms with E-state index in [0.29, 0.717) is 5.02 Å². The highest BCUT2D eigenvalue weighted by atomic mass is 35.5. The molecule has 0 heterocycles. The molecule has 0 aliphatic heterocycles. The maximum atomic E-state index is 10.8. The number of ketones is 1. The number of hydrogen-bond acceptors (Lipinski definition) is 2. The Kier molecular flexibility index (Phi) is 3.53. The molecule has 0 aliphatic carbocycles. The van der Waals surface area contributed by atoms with Crippen LogP contribution in [0.5, 0.6) is 5.75 Å². The minimum Gasteiger partial charge on any atom is -0.485 e. The van der Waals surface area contributed by atoms with Crippen molar-refractivity contribution in [2.45, 2.75) is 20.8 Å². The number of ether oxygens (including phenoxy) is 1. The summed E-state index contributed by atoms with van der Waals surface area (Å²) in [7, 11) is 0. The molecule has 1 rings (SSSR count). The number of rotatable bonds is 3. The predicted octanol–water partition coefficient (Wildman–Crippen LogP) is 2.92. The molecule has 0 atom stereocenters. The van der Waals surface area contributed by atoms with E-state index in [9.17, 15) is 4.79 Å². The van der Waals surface area contributed by atoms with Crippen molar-refractivity contribution >= 4 is 17.4 Å². The van der Waals surface area contributed by atoms with Gasteiger partial charge < -0.3 is 4.74 Å². The first-order valence-corrected chi connectivity index (χ1v) is 4.77. The third-order valence-corrected chi connectivity index (χ3v) is 2.06. The van der Waals surface area contributed by atoms with Gasteiger partial charge in [0.1, 0.15) is 12.4 Å². The Bertz CT molecular complexity index is 335. The van der Waals surface area contributed by atoms with Crippen molar-refractivity contribution < 1.29 is 9.53 Å². The molecule has 0 radical (unpaired) electrons. The first-order valence-electron chi connectivity index (χ1n) is 4.39. The maximum Gasteiger partial charge on any atom is 0.167 e. The van der Waals surface area contributed by atoms with Crippen LogP contribution in [0.1, 0.15) is 18.1 Å². The van der Waals surface area contributed by atoms with Crippen molar-refractivity contribution in [2.75, 3.05) is 6.61 Å². The average molecular weight is 213 g/mol. The van der Waals surface area contributed by atoms with E-state index >= 15 is 0 Å². The molecule has 14 heavy (non-hydrogen) atoms. The number of carbonyl (C=O) groups excluding carboxylic acids is 1. The van der Waals surface area contributed by atoms with Gasteiger partial charge in [-0.3, -0.25) is 4.79 Å². The van der Waals surface area contributed by atoms with E-state index in [0.717, 1.165) is 16.9 Å². The highest BCUT2D eigenvalue weighted by Crippen LogP contribution is 2.26. The summed E-state index contributed by atoms with van der Waals surface area (Å²) in [5, 5.41) is 0.690. The zero-order valence-corrected chi connectivity index (χ0v) is 9.31. The van der Waals surface area contributed by atoms with Crippen LogP contribution >= 0.6 is 11.6 Å². The SMILES string of the molecule is CC(=O)COc1c(C)cc(Cl)cc1C. The third-order valence-electron chi connectivity index (χ3n) is 1.84. The Morgan fingerprint density at radius 1 is 1.36 bits per heavy atom. The van der Waals surface area contributed by atoms with Crippen LogP contribution in [0.4, 0.5) is 0 Å². The van der Waals surface area contributed by atoms with Crippen LogP contribution in [0.15, 0.2) is 12.1 Å². The van der Waals surface area contributed by atoms with Crippen molar-refractivity contribution in [2.24, 2.45) is 0 Å². The molecule has 0 saturated heterocycles. The molecular weight excluding hydrogens is 200 g/mol. The van der Waals surface area contributed by atoms with Gasteiger partial charge in [-0.25, -0.2) is 0 Å². The van der Waals surface area contributed by atoms with Gasteiger partial charge >= 0.3 is 0 Å². The fraction of sp³-hybridized carbons (Fsp3) is 0.364. The van der Waals surface area contributed by atoms with Crippen LogP contribution < -0.4 is 4.74 Å². The fourth-order valence-corrected chi connectivity index (χ4v) is 1.63. The van der Waals surface area contributed by atoms with Crippen LogP contribution in [0, 0.1) is 13.8 Å². The topological polar surface area (TPSA) is 26.3 Å². The minimum atomic E-state index is 0.0127.